The number of fused-ring (bicyclic) bond motifs is 3. The van der Waals surface area contributed by atoms with Crippen LogP contribution in [0.25, 0.3) is 21.8 Å². The molecular weight excluding hydrogens is 430 g/mol. The third-order valence-corrected chi connectivity index (χ3v) is 6.31. The first-order valence-corrected chi connectivity index (χ1v) is 10.8. The summed E-state index contributed by atoms with van der Waals surface area (Å²) in [4.78, 5) is 28.9. The molecule has 30 heavy (non-hydrogen) atoms. The van der Waals surface area contributed by atoms with Gasteiger partial charge in [-0.2, -0.15) is 0 Å². The molecule has 2 heterocycles. The van der Waals surface area contributed by atoms with Crippen molar-refractivity contribution < 1.29 is 18.3 Å². The van der Waals surface area contributed by atoms with Gasteiger partial charge in [-0.25, -0.2) is 8.42 Å². The Kier molecular flexibility index (Phi) is 5.00. The summed E-state index contributed by atoms with van der Waals surface area (Å²) in [6.07, 6.45) is 1.66. The van der Waals surface area contributed by atoms with Crippen LogP contribution >= 0.6 is 11.6 Å². The molecule has 154 valence electrons. The number of aliphatic carboxylic acids is 1. The van der Waals surface area contributed by atoms with E-state index in [0.717, 1.165) is 0 Å². The molecule has 2 aromatic carbocycles. The largest absolute Gasteiger partial charge is 0.481 e. The Labute approximate surface area is 175 Å². The second kappa shape index (κ2) is 7.51. The maximum Gasteiger partial charge on any atom is 0.303 e. The zero-order chi connectivity index (χ0) is 21.5. The van der Waals surface area contributed by atoms with Gasteiger partial charge in [0.25, 0.3) is 15.6 Å². The number of hydrogen-bond donors (Lipinski definition) is 4. The number of carbonyl (C=O) groups is 1. The van der Waals surface area contributed by atoms with Crippen LogP contribution in [0.2, 0.25) is 5.02 Å². The average molecular weight is 446 g/mol. The minimum Gasteiger partial charge on any atom is -0.481 e. The van der Waals surface area contributed by atoms with Crippen molar-refractivity contribution in [2.75, 3.05) is 4.72 Å². The summed E-state index contributed by atoms with van der Waals surface area (Å²) in [5, 5.41) is 10.4. The van der Waals surface area contributed by atoms with Gasteiger partial charge in [0.05, 0.1) is 10.6 Å². The summed E-state index contributed by atoms with van der Waals surface area (Å²) >= 11 is 5.92. The molecule has 4 aromatic rings. The topological polar surface area (TPSA) is 132 Å². The van der Waals surface area contributed by atoms with Gasteiger partial charge in [-0.3, -0.25) is 14.3 Å². The molecular formula is C20H16ClN3O5S. The minimum atomic E-state index is -3.93. The van der Waals surface area contributed by atoms with Gasteiger partial charge in [0.1, 0.15) is 5.52 Å². The van der Waals surface area contributed by atoms with Crippen LogP contribution in [0.3, 0.4) is 0 Å². The molecule has 0 spiro atoms. The molecule has 0 bridgehead atoms. The summed E-state index contributed by atoms with van der Waals surface area (Å²) in [5.41, 5.74) is 1.29. The highest BCUT2D eigenvalue weighted by atomic mass is 35.5. The van der Waals surface area contributed by atoms with E-state index in [-0.39, 0.29) is 28.8 Å². The number of pyridine rings is 1. The Morgan fingerprint density at radius 3 is 2.70 bits per heavy atom. The van der Waals surface area contributed by atoms with Crippen LogP contribution in [0, 0.1) is 0 Å². The monoisotopic (exact) mass is 445 g/mol. The number of carboxylic acids is 1. The van der Waals surface area contributed by atoms with Gasteiger partial charge in [-0.15, -0.1) is 0 Å². The summed E-state index contributed by atoms with van der Waals surface area (Å²) in [6.45, 7) is 0. The normalized spacial score (nSPS) is 11.8. The summed E-state index contributed by atoms with van der Waals surface area (Å²) in [7, 11) is -3.93. The number of hydrogen-bond acceptors (Lipinski definition) is 4. The highest BCUT2D eigenvalue weighted by Gasteiger charge is 2.18. The Morgan fingerprint density at radius 2 is 1.97 bits per heavy atom. The van der Waals surface area contributed by atoms with Crippen LogP contribution in [0.15, 0.2) is 58.4 Å². The van der Waals surface area contributed by atoms with Crippen molar-refractivity contribution >= 4 is 55.1 Å². The van der Waals surface area contributed by atoms with Crippen molar-refractivity contribution in [1.29, 1.82) is 0 Å². The molecule has 4 rings (SSSR count). The van der Waals surface area contributed by atoms with Crippen LogP contribution in [-0.2, 0) is 21.2 Å². The maximum atomic E-state index is 12.9. The zero-order valence-electron chi connectivity index (χ0n) is 15.4. The van der Waals surface area contributed by atoms with E-state index in [2.05, 4.69) is 14.7 Å². The van der Waals surface area contributed by atoms with Crippen LogP contribution in [0.1, 0.15) is 12.0 Å². The lowest BCUT2D eigenvalue weighted by Crippen LogP contribution is -2.13. The fourth-order valence-electron chi connectivity index (χ4n) is 3.35. The minimum absolute atomic E-state index is 0.00582. The average Bonchev–Trinajstić information content (AvgIpc) is 3.11. The third-order valence-electron chi connectivity index (χ3n) is 4.69. The number of H-pyrrole nitrogens is 2. The Hall–Kier alpha value is -3.30. The van der Waals surface area contributed by atoms with Crippen LogP contribution < -0.4 is 10.3 Å². The van der Waals surface area contributed by atoms with E-state index < -0.39 is 16.0 Å². The molecule has 0 atom stereocenters. The molecule has 8 nitrogen and oxygen atoms in total. The number of rotatable bonds is 6. The number of carboxylic acid groups (broad SMARTS) is 1. The highest BCUT2D eigenvalue weighted by Crippen LogP contribution is 2.28. The molecule has 0 saturated carbocycles. The number of anilines is 1. The van der Waals surface area contributed by atoms with Gasteiger partial charge < -0.3 is 15.1 Å². The molecule has 0 fully saturated rings. The first-order chi connectivity index (χ1) is 14.2. The van der Waals surface area contributed by atoms with Gasteiger partial charge in [0, 0.05) is 33.9 Å². The van der Waals surface area contributed by atoms with Gasteiger partial charge >= 0.3 is 5.97 Å². The number of nitrogens with one attached hydrogen (secondary N) is 3. The molecule has 0 unspecified atom stereocenters. The standard InChI is InChI=1S/C20H16ClN3O5S/c21-12-2-1-3-13(8-12)24-30(28,29)14-5-6-16-15(9-14)18-11(4-7-17(25)26)10-22-19(18)20(27)23-16/h1-3,5-6,8-10,22,24H,4,7H2,(H,23,27)(H,25,26). The number of benzene rings is 2. The molecule has 4 N–H and O–H groups in total. The predicted octanol–water partition coefficient (Wildman–Crippen LogP) is 3.48. The van der Waals surface area contributed by atoms with Crippen molar-refractivity contribution in [1.82, 2.24) is 9.97 Å². The summed E-state index contributed by atoms with van der Waals surface area (Å²) in [5.74, 6) is -0.965. The molecule has 0 saturated heterocycles. The lowest BCUT2D eigenvalue weighted by molar-refractivity contribution is -0.136. The second-order valence-corrected chi connectivity index (χ2v) is 8.85. The maximum absolute atomic E-state index is 12.9. The van der Waals surface area contributed by atoms with Gasteiger partial charge in [0.15, 0.2) is 0 Å². The smallest absolute Gasteiger partial charge is 0.303 e. The molecule has 2 aromatic heterocycles. The van der Waals surface area contributed by atoms with Gasteiger partial charge in [-0.05, 0) is 48.4 Å². The van der Waals surface area contributed by atoms with E-state index in [0.29, 0.717) is 32.6 Å². The Balaban J connectivity index is 1.85. The van der Waals surface area contributed by atoms with E-state index in [1.165, 1.54) is 24.3 Å². The lowest BCUT2D eigenvalue weighted by Gasteiger charge is -2.10. The van der Waals surface area contributed by atoms with Crippen LogP contribution in [0.5, 0.6) is 0 Å². The van der Waals surface area contributed by atoms with E-state index in [1.807, 2.05) is 0 Å². The van der Waals surface area contributed by atoms with Crippen LogP contribution in [0.4, 0.5) is 5.69 Å². The Bertz CT molecular complexity index is 1460. The van der Waals surface area contributed by atoms with E-state index in [1.54, 1.807) is 24.4 Å². The molecule has 10 heteroatoms. The van der Waals surface area contributed by atoms with Crippen molar-refractivity contribution in [2.24, 2.45) is 0 Å². The summed E-state index contributed by atoms with van der Waals surface area (Å²) in [6, 6.07) is 10.7. The number of aryl methyl sites for hydroxylation is 1. The fraction of sp³-hybridized carbons (Fsp3) is 0.100. The quantitative estimate of drug-likeness (QED) is 0.360. The number of aromatic amines is 2. The van der Waals surface area contributed by atoms with E-state index in [4.69, 9.17) is 16.7 Å². The predicted molar refractivity (Wildman–Crippen MR) is 115 cm³/mol. The van der Waals surface area contributed by atoms with Crippen LogP contribution in [-0.4, -0.2) is 29.5 Å². The van der Waals surface area contributed by atoms with Crippen molar-refractivity contribution in [3.8, 4) is 0 Å². The molecule has 0 amide bonds. The van der Waals surface area contributed by atoms with E-state index in [9.17, 15) is 18.0 Å². The first kappa shape index (κ1) is 20.0. The zero-order valence-corrected chi connectivity index (χ0v) is 17.0. The van der Waals surface area contributed by atoms with Crippen molar-refractivity contribution in [3.63, 3.8) is 0 Å². The summed E-state index contributed by atoms with van der Waals surface area (Å²) < 4.78 is 28.3. The highest BCUT2D eigenvalue weighted by molar-refractivity contribution is 7.92. The number of sulfonamides is 1. The fourth-order valence-corrected chi connectivity index (χ4v) is 4.61. The second-order valence-electron chi connectivity index (χ2n) is 6.74. The van der Waals surface area contributed by atoms with Crippen molar-refractivity contribution in [2.45, 2.75) is 17.7 Å². The number of halogens is 1. The number of aromatic nitrogens is 2. The van der Waals surface area contributed by atoms with Gasteiger partial charge in [-0.1, -0.05) is 17.7 Å². The van der Waals surface area contributed by atoms with Crippen molar-refractivity contribution in [3.05, 3.63) is 69.6 Å². The SMILES string of the molecule is O=C(O)CCc1c[nH]c2c(=O)[nH]c3ccc(S(=O)(=O)Nc4cccc(Cl)c4)cc3c12. The lowest BCUT2D eigenvalue weighted by atomic mass is 10.0. The first-order valence-electron chi connectivity index (χ1n) is 8.91. The van der Waals surface area contributed by atoms with E-state index >= 15 is 0 Å². The Morgan fingerprint density at radius 1 is 1.17 bits per heavy atom. The molecule has 0 aliphatic rings. The molecule has 0 aliphatic heterocycles. The van der Waals surface area contributed by atoms with Gasteiger partial charge in [0.2, 0.25) is 0 Å². The third kappa shape index (κ3) is 3.77. The molecule has 0 radical (unpaired) electrons. The molecule has 0 aliphatic carbocycles.